The molecule has 128 valence electrons. The van der Waals surface area contributed by atoms with Crippen LogP contribution >= 0.6 is 35.3 Å². The van der Waals surface area contributed by atoms with Crippen LogP contribution in [0.4, 0.5) is 0 Å². The van der Waals surface area contributed by atoms with E-state index in [1.165, 1.54) is 4.88 Å². The van der Waals surface area contributed by atoms with Crippen LogP contribution in [0.3, 0.4) is 0 Å². The van der Waals surface area contributed by atoms with Crippen molar-refractivity contribution >= 4 is 41.3 Å². The van der Waals surface area contributed by atoms with Gasteiger partial charge in [0.1, 0.15) is 0 Å². The van der Waals surface area contributed by atoms with Crippen molar-refractivity contribution in [3.63, 3.8) is 0 Å². The van der Waals surface area contributed by atoms with E-state index in [1.54, 1.807) is 11.3 Å². The van der Waals surface area contributed by atoms with Crippen molar-refractivity contribution in [1.29, 1.82) is 0 Å². The van der Waals surface area contributed by atoms with Gasteiger partial charge in [-0.15, -0.1) is 35.3 Å². The van der Waals surface area contributed by atoms with E-state index in [1.807, 2.05) is 14.0 Å². The molecule has 0 saturated carbocycles. The minimum atomic E-state index is 0. The van der Waals surface area contributed by atoms with Crippen LogP contribution in [-0.2, 0) is 11.2 Å². The number of ether oxygens (including phenoxy) is 1. The maximum Gasteiger partial charge on any atom is 0.190 e. The highest BCUT2D eigenvalue weighted by atomic mass is 127. The first-order chi connectivity index (χ1) is 10.2. The number of hydrogen-bond donors (Lipinski definition) is 2. The highest BCUT2D eigenvalue weighted by Gasteiger charge is 2.12. The number of thiophene rings is 1. The molecule has 0 radical (unpaired) electrons. The Kier molecular flexibility index (Phi) is 12.9. The Bertz CT molecular complexity index is 396. The van der Waals surface area contributed by atoms with E-state index in [4.69, 9.17) is 4.74 Å². The van der Waals surface area contributed by atoms with E-state index in [0.717, 1.165) is 38.5 Å². The second-order valence-electron chi connectivity index (χ2n) is 5.28. The molecule has 0 bridgehead atoms. The van der Waals surface area contributed by atoms with Crippen molar-refractivity contribution in [3.05, 3.63) is 22.4 Å². The van der Waals surface area contributed by atoms with Gasteiger partial charge in [-0.3, -0.25) is 4.99 Å². The topological polar surface area (TPSA) is 45.6 Å². The van der Waals surface area contributed by atoms with Crippen molar-refractivity contribution < 1.29 is 4.74 Å². The molecule has 4 nitrogen and oxygen atoms in total. The van der Waals surface area contributed by atoms with Crippen molar-refractivity contribution in [3.8, 4) is 0 Å². The molecule has 0 amide bonds. The lowest BCUT2D eigenvalue weighted by Gasteiger charge is -2.21. The van der Waals surface area contributed by atoms with Gasteiger partial charge in [-0.2, -0.15) is 0 Å². The lowest BCUT2D eigenvalue weighted by molar-refractivity contribution is 0.0258. The molecule has 0 aliphatic heterocycles. The maximum atomic E-state index is 5.75. The Morgan fingerprint density at radius 2 is 2.05 bits per heavy atom. The van der Waals surface area contributed by atoms with Crippen molar-refractivity contribution in [2.24, 2.45) is 10.9 Å². The average Bonchev–Trinajstić information content (AvgIpc) is 2.97. The van der Waals surface area contributed by atoms with Crippen LogP contribution in [0.15, 0.2) is 22.5 Å². The van der Waals surface area contributed by atoms with Gasteiger partial charge in [0.15, 0.2) is 5.96 Å². The zero-order valence-electron chi connectivity index (χ0n) is 14.1. The van der Waals surface area contributed by atoms with Crippen molar-refractivity contribution in [2.75, 3.05) is 26.7 Å². The van der Waals surface area contributed by atoms with Gasteiger partial charge in [0, 0.05) is 31.6 Å². The predicted molar refractivity (Wildman–Crippen MR) is 108 cm³/mol. The number of nitrogens with one attached hydrogen (secondary N) is 2. The van der Waals surface area contributed by atoms with Gasteiger partial charge in [0.2, 0.25) is 0 Å². The summed E-state index contributed by atoms with van der Waals surface area (Å²) in [6.45, 7) is 9.01. The lowest BCUT2D eigenvalue weighted by atomic mass is 10.0. The molecule has 1 heterocycles. The van der Waals surface area contributed by atoms with Gasteiger partial charge in [-0.05, 0) is 37.1 Å². The van der Waals surface area contributed by atoms with Crippen molar-refractivity contribution in [2.45, 2.75) is 39.7 Å². The van der Waals surface area contributed by atoms with Gasteiger partial charge in [0.05, 0.1) is 6.10 Å². The molecular weight excluding hydrogens is 409 g/mol. The van der Waals surface area contributed by atoms with Gasteiger partial charge in [-0.25, -0.2) is 0 Å². The van der Waals surface area contributed by atoms with Gasteiger partial charge >= 0.3 is 0 Å². The van der Waals surface area contributed by atoms with E-state index >= 15 is 0 Å². The Labute approximate surface area is 156 Å². The molecule has 0 spiro atoms. The molecule has 22 heavy (non-hydrogen) atoms. The lowest BCUT2D eigenvalue weighted by Crippen LogP contribution is -2.40. The summed E-state index contributed by atoms with van der Waals surface area (Å²) in [7, 11) is 1.81. The number of rotatable bonds is 9. The molecule has 1 aromatic rings. The summed E-state index contributed by atoms with van der Waals surface area (Å²) in [6.07, 6.45) is 2.34. The Balaban J connectivity index is 0.00000441. The number of aliphatic imine (C=N–C) groups is 1. The van der Waals surface area contributed by atoms with Crippen LogP contribution in [0.5, 0.6) is 0 Å². The van der Waals surface area contributed by atoms with E-state index < -0.39 is 0 Å². The van der Waals surface area contributed by atoms with Crippen LogP contribution in [0.25, 0.3) is 0 Å². The number of nitrogens with zero attached hydrogens (tertiary/aromatic N) is 1. The first-order valence-electron chi connectivity index (χ1n) is 7.75. The van der Waals surface area contributed by atoms with Gasteiger partial charge in [-0.1, -0.05) is 19.9 Å². The van der Waals surface area contributed by atoms with Crippen molar-refractivity contribution in [1.82, 2.24) is 10.6 Å². The normalized spacial score (nSPS) is 12.9. The Hall–Kier alpha value is -0.340. The third-order valence-corrected chi connectivity index (χ3v) is 4.25. The Morgan fingerprint density at radius 1 is 1.32 bits per heavy atom. The minimum Gasteiger partial charge on any atom is -0.378 e. The summed E-state index contributed by atoms with van der Waals surface area (Å²) in [5.74, 6) is 1.41. The summed E-state index contributed by atoms with van der Waals surface area (Å²) in [6, 6.07) is 4.25. The van der Waals surface area contributed by atoms with Crippen LogP contribution in [0, 0.1) is 5.92 Å². The fourth-order valence-corrected chi connectivity index (χ4v) is 2.84. The molecule has 0 aromatic carbocycles. The second kappa shape index (κ2) is 13.1. The molecule has 0 aliphatic rings. The fourth-order valence-electron chi connectivity index (χ4n) is 2.14. The fraction of sp³-hybridized carbons (Fsp3) is 0.688. The van der Waals surface area contributed by atoms with Crippen LogP contribution in [0.2, 0.25) is 0 Å². The van der Waals surface area contributed by atoms with E-state index in [-0.39, 0.29) is 24.0 Å². The smallest absolute Gasteiger partial charge is 0.190 e. The summed E-state index contributed by atoms with van der Waals surface area (Å²) in [4.78, 5) is 5.65. The summed E-state index contributed by atoms with van der Waals surface area (Å²) in [5.41, 5.74) is 0. The quantitative estimate of drug-likeness (QED) is 0.352. The third-order valence-electron chi connectivity index (χ3n) is 3.31. The molecule has 0 fully saturated rings. The maximum absolute atomic E-state index is 5.75. The third kappa shape index (κ3) is 8.95. The van der Waals surface area contributed by atoms with Crippen LogP contribution in [0.1, 0.15) is 32.1 Å². The molecular formula is C16H30IN3OS. The predicted octanol–water partition coefficient (Wildman–Crippen LogP) is 3.52. The van der Waals surface area contributed by atoms with E-state index in [9.17, 15) is 0 Å². The summed E-state index contributed by atoms with van der Waals surface area (Å²) < 4.78 is 5.75. The molecule has 6 heteroatoms. The largest absolute Gasteiger partial charge is 0.378 e. The average molecular weight is 439 g/mol. The molecule has 1 rings (SSSR count). The van der Waals surface area contributed by atoms with Gasteiger partial charge < -0.3 is 15.4 Å². The van der Waals surface area contributed by atoms with Gasteiger partial charge in [0.25, 0.3) is 0 Å². The van der Waals surface area contributed by atoms with E-state index in [2.05, 4.69) is 47.0 Å². The number of hydrogen-bond acceptors (Lipinski definition) is 3. The zero-order valence-corrected chi connectivity index (χ0v) is 17.2. The van der Waals surface area contributed by atoms with Crippen LogP contribution < -0.4 is 10.6 Å². The zero-order chi connectivity index (χ0) is 15.5. The summed E-state index contributed by atoms with van der Waals surface area (Å²) in [5, 5.41) is 8.82. The minimum absolute atomic E-state index is 0. The first-order valence-corrected chi connectivity index (χ1v) is 8.63. The second-order valence-corrected chi connectivity index (χ2v) is 6.31. The monoisotopic (exact) mass is 439 g/mol. The molecule has 2 N–H and O–H groups in total. The molecule has 1 unspecified atom stereocenters. The standard InChI is InChI=1S/C16H29N3OS.HI/c1-5-20-15(13(2)3)9-11-19-16(17-4)18-10-8-14-7-6-12-21-14;/h6-7,12-13,15H,5,8-11H2,1-4H3,(H2,17,18,19);1H. The van der Waals surface area contributed by atoms with E-state index in [0.29, 0.717) is 12.0 Å². The first kappa shape index (κ1) is 21.7. The Morgan fingerprint density at radius 3 is 2.59 bits per heavy atom. The SMILES string of the molecule is CCOC(CCNC(=NC)NCCc1cccs1)C(C)C.I. The highest BCUT2D eigenvalue weighted by molar-refractivity contribution is 14.0. The van der Waals surface area contributed by atoms with Crippen LogP contribution in [-0.4, -0.2) is 38.8 Å². The summed E-state index contributed by atoms with van der Waals surface area (Å²) >= 11 is 1.80. The number of halogens is 1. The molecule has 1 atom stereocenters. The molecule has 0 saturated heterocycles. The molecule has 1 aromatic heterocycles. The highest BCUT2D eigenvalue weighted by Crippen LogP contribution is 2.10. The number of guanidine groups is 1. The molecule has 0 aliphatic carbocycles.